The molecule has 2 saturated heterocycles. The van der Waals surface area contributed by atoms with E-state index >= 15 is 0 Å². The Morgan fingerprint density at radius 2 is 1.71 bits per heavy atom. The molecule has 31 heavy (non-hydrogen) atoms. The van der Waals surface area contributed by atoms with Gasteiger partial charge < -0.3 is 23.1 Å². The van der Waals surface area contributed by atoms with E-state index in [1.807, 2.05) is 41.5 Å². The topological polar surface area (TPSA) is 63.2 Å². The van der Waals surface area contributed by atoms with Crippen molar-refractivity contribution in [3.63, 3.8) is 0 Å². The van der Waals surface area contributed by atoms with E-state index in [9.17, 15) is 13.6 Å². The zero-order valence-corrected chi connectivity index (χ0v) is 20.1. The van der Waals surface area contributed by atoms with Gasteiger partial charge in [0.1, 0.15) is 12.2 Å². The van der Waals surface area contributed by atoms with Crippen LogP contribution in [0, 0.1) is 0 Å². The van der Waals surface area contributed by atoms with Crippen LogP contribution in [0.2, 0.25) is 10.1 Å². The average Bonchev–Trinajstić information content (AvgIpc) is 3.00. The first-order valence-electron chi connectivity index (χ1n) is 10.4. The molecule has 1 aromatic carbocycles. The Morgan fingerprint density at radius 1 is 1.13 bits per heavy atom. The fraction of sp³-hybridized carbons (Fsp3) is 0.682. The van der Waals surface area contributed by atoms with Crippen LogP contribution in [0.25, 0.3) is 0 Å². The highest BCUT2D eigenvalue weighted by atomic mass is 28.4. The van der Waals surface area contributed by atoms with E-state index in [0.717, 1.165) is 0 Å². The number of benzene rings is 1. The number of carbonyl (C=O) groups is 1. The van der Waals surface area contributed by atoms with Crippen molar-refractivity contribution < 1.29 is 36.6 Å². The van der Waals surface area contributed by atoms with Crippen LogP contribution in [0.4, 0.5) is 8.78 Å². The molecule has 174 valence electrons. The SMILES string of the molecule is CO[C@@H]1O[C@@H]2CO[Si](C(C)(C)C)(C(C)(C)C)O[C@H]2[C@@]1(OC(=O)c1ccccc1)C(F)F. The summed E-state index contributed by atoms with van der Waals surface area (Å²) in [7, 11) is -1.89. The predicted molar refractivity (Wildman–Crippen MR) is 112 cm³/mol. The highest BCUT2D eigenvalue weighted by Crippen LogP contribution is 2.57. The monoisotopic (exact) mass is 458 g/mol. The maximum absolute atomic E-state index is 14.8. The minimum Gasteiger partial charge on any atom is -0.441 e. The maximum Gasteiger partial charge on any atom is 0.349 e. The van der Waals surface area contributed by atoms with Crippen molar-refractivity contribution in [2.24, 2.45) is 0 Å². The van der Waals surface area contributed by atoms with E-state index < -0.39 is 55.1 Å². The number of rotatable bonds is 4. The summed E-state index contributed by atoms with van der Waals surface area (Å²) in [5.41, 5.74) is -2.27. The standard InChI is InChI=1S/C22H32F2O6Si/c1-20(2,3)31(21(4,5)6)27-13-15-16(30-31)22(18(23)24,19(26-7)28-15)29-17(25)14-11-9-8-10-12-14/h8-12,15-16,18-19H,13H2,1-7H3/t15-,16-,19-,22-/m1/s1. The molecule has 0 amide bonds. The number of hydrogen-bond acceptors (Lipinski definition) is 6. The predicted octanol–water partition coefficient (Wildman–Crippen LogP) is 4.68. The van der Waals surface area contributed by atoms with Gasteiger partial charge in [-0.15, -0.1) is 0 Å². The van der Waals surface area contributed by atoms with Gasteiger partial charge in [-0.3, -0.25) is 0 Å². The van der Waals surface area contributed by atoms with Crippen LogP contribution >= 0.6 is 0 Å². The second-order valence-electron chi connectivity index (χ2n) is 10.1. The second kappa shape index (κ2) is 8.19. The first kappa shape index (κ1) is 24.3. The summed E-state index contributed by atoms with van der Waals surface area (Å²) < 4.78 is 58.9. The van der Waals surface area contributed by atoms with Crippen molar-refractivity contribution in [2.75, 3.05) is 13.7 Å². The number of alkyl halides is 2. The molecular formula is C22H32F2O6Si. The molecule has 4 atom stereocenters. The van der Waals surface area contributed by atoms with Crippen molar-refractivity contribution in [1.82, 2.24) is 0 Å². The number of carbonyl (C=O) groups excluding carboxylic acids is 1. The van der Waals surface area contributed by atoms with Gasteiger partial charge in [-0.25, -0.2) is 13.6 Å². The molecule has 2 aliphatic rings. The molecule has 0 spiro atoms. The minimum atomic E-state index is -3.14. The van der Waals surface area contributed by atoms with Crippen LogP contribution < -0.4 is 0 Å². The summed E-state index contributed by atoms with van der Waals surface area (Å²) in [5, 5.41) is -0.892. The molecule has 9 heteroatoms. The number of ether oxygens (including phenoxy) is 3. The number of methoxy groups -OCH3 is 1. The van der Waals surface area contributed by atoms with Crippen LogP contribution in [-0.4, -0.2) is 58.8 Å². The average molecular weight is 459 g/mol. The van der Waals surface area contributed by atoms with Gasteiger partial charge in [0.15, 0.2) is 0 Å². The largest absolute Gasteiger partial charge is 0.441 e. The van der Waals surface area contributed by atoms with Gasteiger partial charge in [0.2, 0.25) is 11.9 Å². The molecule has 0 radical (unpaired) electrons. The van der Waals surface area contributed by atoms with Crippen LogP contribution in [0.15, 0.2) is 30.3 Å². The third kappa shape index (κ3) is 3.84. The van der Waals surface area contributed by atoms with Crippen molar-refractivity contribution in [3.8, 4) is 0 Å². The van der Waals surface area contributed by atoms with Crippen molar-refractivity contribution in [2.45, 2.75) is 82.1 Å². The lowest BCUT2D eigenvalue weighted by Crippen LogP contribution is -2.69. The van der Waals surface area contributed by atoms with E-state index in [2.05, 4.69) is 0 Å². The highest BCUT2D eigenvalue weighted by Gasteiger charge is 2.73. The van der Waals surface area contributed by atoms with Crippen molar-refractivity contribution >= 4 is 14.5 Å². The van der Waals surface area contributed by atoms with Gasteiger partial charge in [-0.1, -0.05) is 59.7 Å². The van der Waals surface area contributed by atoms with Crippen LogP contribution in [0.3, 0.4) is 0 Å². The molecule has 0 aromatic heterocycles. The molecule has 0 saturated carbocycles. The maximum atomic E-state index is 14.8. The Morgan fingerprint density at radius 3 is 2.19 bits per heavy atom. The second-order valence-corrected chi connectivity index (χ2v) is 14.9. The lowest BCUT2D eigenvalue weighted by Gasteiger charge is -2.54. The molecule has 2 aliphatic heterocycles. The zero-order chi connectivity index (χ0) is 23.2. The minimum absolute atomic E-state index is 0.0582. The normalized spacial score (nSPS) is 30.8. The molecule has 2 heterocycles. The van der Waals surface area contributed by atoms with Gasteiger partial charge in [-0.05, 0) is 12.1 Å². The van der Waals surface area contributed by atoms with Crippen molar-refractivity contribution in [3.05, 3.63) is 35.9 Å². The molecule has 1 aromatic rings. The Labute approximate surface area is 183 Å². The Bertz CT molecular complexity index is 777. The molecule has 0 unspecified atom stereocenters. The van der Waals surface area contributed by atoms with Gasteiger partial charge in [-0.2, -0.15) is 0 Å². The van der Waals surface area contributed by atoms with Gasteiger partial charge in [0.25, 0.3) is 6.43 Å². The van der Waals surface area contributed by atoms with Crippen molar-refractivity contribution in [1.29, 1.82) is 0 Å². The van der Waals surface area contributed by atoms with Gasteiger partial charge >= 0.3 is 14.5 Å². The smallest absolute Gasteiger partial charge is 0.349 e. The lowest BCUT2D eigenvalue weighted by atomic mass is 9.95. The third-order valence-electron chi connectivity index (χ3n) is 6.00. The highest BCUT2D eigenvalue weighted by molar-refractivity contribution is 6.73. The molecular weight excluding hydrogens is 426 g/mol. The third-order valence-corrected chi connectivity index (χ3v) is 11.1. The summed E-state index contributed by atoms with van der Waals surface area (Å²) in [6.07, 6.45) is -6.69. The van der Waals surface area contributed by atoms with E-state index in [1.54, 1.807) is 18.2 Å². The number of hydrogen-bond donors (Lipinski definition) is 0. The molecule has 6 nitrogen and oxygen atoms in total. The van der Waals surface area contributed by atoms with Crippen LogP contribution in [0.5, 0.6) is 0 Å². The van der Waals surface area contributed by atoms with Crippen LogP contribution in [0.1, 0.15) is 51.9 Å². The first-order valence-corrected chi connectivity index (χ1v) is 12.2. The van der Waals surface area contributed by atoms with E-state index in [1.165, 1.54) is 19.2 Å². The van der Waals surface area contributed by atoms with Gasteiger partial charge in [0, 0.05) is 17.2 Å². The quantitative estimate of drug-likeness (QED) is 0.482. The fourth-order valence-corrected chi connectivity index (χ4v) is 9.77. The van der Waals surface area contributed by atoms with E-state index in [0.29, 0.717) is 0 Å². The zero-order valence-electron chi connectivity index (χ0n) is 19.1. The summed E-state index contributed by atoms with van der Waals surface area (Å²) in [6.45, 7) is 11.9. The lowest BCUT2D eigenvalue weighted by molar-refractivity contribution is -0.234. The Balaban J connectivity index is 2.08. The number of halogens is 2. The first-order chi connectivity index (χ1) is 14.3. The molecule has 3 rings (SSSR count). The summed E-state index contributed by atoms with van der Waals surface area (Å²) in [6, 6.07) is 8.00. The Hall–Kier alpha value is -1.39. The summed E-state index contributed by atoms with van der Waals surface area (Å²) in [5.74, 6) is -0.888. The van der Waals surface area contributed by atoms with Crippen LogP contribution in [-0.2, 0) is 23.1 Å². The fourth-order valence-electron chi connectivity index (χ4n) is 4.79. The summed E-state index contributed by atoms with van der Waals surface area (Å²) >= 11 is 0. The summed E-state index contributed by atoms with van der Waals surface area (Å²) in [4.78, 5) is 12.9. The molecule has 0 N–H and O–H groups in total. The molecule has 0 bridgehead atoms. The molecule has 0 aliphatic carbocycles. The molecule has 2 fully saturated rings. The van der Waals surface area contributed by atoms with E-state index in [4.69, 9.17) is 23.1 Å². The number of fused-ring (bicyclic) bond motifs is 1. The van der Waals surface area contributed by atoms with Gasteiger partial charge in [0.05, 0.1) is 12.2 Å². The Kier molecular flexibility index (Phi) is 6.40. The number of esters is 1. The van der Waals surface area contributed by atoms with E-state index in [-0.39, 0.29) is 12.2 Å².